The first-order valence-electron chi connectivity index (χ1n) is 7.24. The van der Waals surface area contributed by atoms with E-state index >= 15 is 0 Å². The fraction of sp³-hybridized carbons (Fsp3) is 0.312. The summed E-state index contributed by atoms with van der Waals surface area (Å²) in [6.45, 7) is 0.971. The average molecular weight is 297 g/mol. The topological polar surface area (TPSA) is 71.5 Å². The predicted octanol–water partition coefficient (Wildman–Crippen LogP) is 1.45. The van der Waals surface area contributed by atoms with Gasteiger partial charge < -0.3 is 10.1 Å². The van der Waals surface area contributed by atoms with Crippen molar-refractivity contribution >= 4 is 22.8 Å². The molecule has 0 radical (unpaired) electrons. The second kappa shape index (κ2) is 4.78. The third kappa shape index (κ3) is 1.88. The summed E-state index contributed by atoms with van der Waals surface area (Å²) in [5, 5.41) is 3.78. The number of carbonyl (C=O) groups excluding carboxylic acids is 2. The number of aromatic nitrogens is 1. The van der Waals surface area contributed by atoms with Crippen LogP contribution in [0.15, 0.2) is 36.5 Å². The van der Waals surface area contributed by atoms with Crippen LogP contribution in [0.5, 0.6) is 0 Å². The first kappa shape index (κ1) is 13.2. The van der Waals surface area contributed by atoms with E-state index in [-0.39, 0.29) is 25.1 Å². The molecule has 3 amide bonds. The normalized spacial score (nSPS) is 24.5. The largest absolute Gasteiger partial charge is 0.378 e. The molecule has 1 N–H and O–H groups in total. The van der Waals surface area contributed by atoms with Gasteiger partial charge in [0.2, 0.25) is 0 Å². The van der Waals surface area contributed by atoms with Crippen LogP contribution in [0, 0.1) is 0 Å². The Bertz CT molecular complexity index is 763. The maximum atomic E-state index is 12.6. The number of hydrogen-bond acceptors (Lipinski definition) is 4. The number of hydrogen-bond donors (Lipinski definition) is 1. The molecule has 1 aromatic heterocycles. The monoisotopic (exact) mass is 297 g/mol. The summed E-state index contributed by atoms with van der Waals surface area (Å²) in [4.78, 5) is 30.5. The molecule has 3 heterocycles. The van der Waals surface area contributed by atoms with Crippen LogP contribution in [0.2, 0.25) is 0 Å². The van der Waals surface area contributed by atoms with E-state index < -0.39 is 5.54 Å². The quantitative estimate of drug-likeness (QED) is 0.852. The molecule has 1 atom stereocenters. The van der Waals surface area contributed by atoms with E-state index in [1.54, 1.807) is 6.20 Å². The van der Waals surface area contributed by atoms with E-state index in [9.17, 15) is 9.59 Å². The van der Waals surface area contributed by atoms with E-state index in [4.69, 9.17) is 4.74 Å². The number of fused-ring (bicyclic) bond motifs is 1. The molecule has 1 aromatic carbocycles. The van der Waals surface area contributed by atoms with Crippen LogP contribution in [0.3, 0.4) is 0 Å². The minimum absolute atomic E-state index is 0.206. The van der Waals surface area contributed by atoms with Crippen molar-refractivity contribution in [2.24, 2.45) is 0 Å². The third-order valence-corrected chi connectivity index (χ3v) is 4.31. The van der Waals surface area contributed by atoms with Crippen molar-refractivity contribution in [1.29, 1.82) is 0 Å². The van der Waals surface area contributed by atoms with E-state index in [1.165, 1.54) is 4.90 Å². The van der Waals surface area contributed by atoms with Gasteiger partial charge in [-0.15, -0.1) is 0 Å². The average Bonchev–Trinajstić information content (AvgIpc) is 3.09. The van der Waals surface area contributed by atoms with Crippen molar-refractivity contribution in [3.63, 3.8) is 0 Å². The lowest BCUT2D eigenvalue weighted by Gasteiger charge is -2.18. The minimum atomic E-state index is -0.866. The van der Waals surface area contributed by atoms with Gasteiger partial charge in [-0.3, -0.25) is 14.7 Å². The molecular formula is C16H15N3O3. The van der Waals surface area contributed by atoms with Crippen LogP contribution in [0.4, 0.5) is 4.79 Å². The Hall–Kier alpha value is -2.47. The Morgan fingerprint density at radius 3 is 2.95 bits per heavy atom. The third-order valence-electron chi connectivity index (χ3n) is 4.31. The molecule has 0 bridgehead atoms. The lowest BCUT2D eigenvalue weighted by atomic mass is 9.99. The van der Waals surface area contributed by atoms with E-state index in [1.807, 2.05) is 30.3 Å². The highest BCUT2D eigenvalue weighted by molar-refractivity contribution is 6.07. The maximum absolute atomic E-state index is 12.6. The number of nitrogens with one attached hydrogen (secondary N) is 1. The Morgan fingerprint density at radius 1 is 1.27 bits per heavy atom. The Kier molecular flexibility index (Phi) is 2.87. The number of pyridine rings is 1. The molecule has 1 spiro atoms. The highest BCUT2D eigenvalue weighted by Gasteiger charge is 2.53. The van der Waals surface area contributed by atoms with Gasteiger partial charge in [0.05, 0.1) is 18.7 Å². The maximum Gasteiger partial charge on any atom is 0.325 e. The molecule has 6 heteroatoms. The highest BCUT2D eigenvalue weighted by atomic mass is 16.5. The second-order valence-electron chi connectivity index (χ2n) is 5.70. The van der Waals surface area contributed by atoms with Gasteiger partial charge in [-0.25, -0.2) is 4.79 Å². The summed E-state index contributed by atoms with van der Waals surface area (Å²) in [5.74, 6) is -0.206. The van der Waals surface area contributed by atoms with Gasteiger partial charge in [-0.05, 0) is 11.6 Å². The van der Waals surface area contributed by atoms with E-state index in [0.717, 1.165) is 16.5 Å². The second-order valence-corrected chi connectivity index (χ2v) is 5.70. The van der Waals surface area contributed by atoms with Crippen molar-refractivity contribution in [2.45, 2.75) is 18.5 Å². The number of urea groups is 1. The lowest BCUT2D eigenvalue weighted by Crippen LogP contribution is -2.47. The molecule has 2 aliphatic rings. The van der Waals surface area contributed by atoms with Crippen molar-refractivity contribution in [2.75, 3.05) is 13.2 Å². The number of benzene rings is 1. The van der Waals surface area contributed by atoms with Crippen molar-refractivity contribution in [3.05, 3.63) is 42.1 Å². The van der Waals surface area contributed by atoms with Crippen LogP contribution in [-0.2, 0) is 16.1 Å². The standard InChI is InChI=1S/C16H15N3O3/c20-14-16(6-8-22-10-16)18-15(21)19(14)9-12-4-1-3-11-5-2-7-17-13(11)12/h1-5,7H,6,8-10H2,(H,18,21)/t16-/m0/s1. The van der Waals surface area contributed by atoms with Crippen LogP contribution in [0.25, 0.3) is 10.9 Å². The number of ether oxygens (including phenoxy) is 1. The first-order chi connectivity index (χ1) is 10.7. The summed E-state index contributed by atoms with van der Waals surface area (Å²) in [6.07, 6.45) is 2.24. The van der Waals surface area contributed by atoms with Gasteiger partial charge >= 0.3 is 6.03 Å². The molecule has 6 nitrogen and oxygen atoms in total. The zero-order valence-electron chi connectivity index (χ0n) is 11.9. The Balaban J connectivity index is 1.68. The molecule has 0 unspecified atom stereocenters. The highest BCUT2D eigenvalue weighted by Crippen LogP contribution is 2.28. The van der Waals surface area contributed by atoms with Crippen molar-refractivity contribution < 1.29 is 14.3 Å². The number of nitrogens with zero attached hydrogens (tertiary/aromatic N) is 2. The summed E-state index contributed by atoms with van der Waals surface area (Å²) < 4.78 is 5.30. The van der Waals surface area contributed by atoms with Gasteiger partial charge in [0, 0.05) is 24.6 Å². The van der Waals surface area contributed by atoms with E-state index in [0.29, 0.717) is 13.0 Å². The van der Waals surface area contributed by atoms with E-state index in [2.05, 4.69) is 10.3 Å². The molecule has 2 fully saturated rings. The van der Waals surface area contributed by atoms with Crippen LogP contribution >= 0.6 is 0 Å². The van der Waals surface area contributed by atoms with Crippen molar-refractivity contribution in [3.8, 4) is 0 Å². The molecule has 0 aliphatic carbocycles. The number of para-hydroxylation sites is 1. The van der Waals surface area contributed by atoms with Crippen LogP contribution < -0.4 is 5.32 Å². The molecule has 4 rings (SSSR count). The fourth-order valence-corrected chi connectivity index (χ4v) is 3.12. The van der Waals surface area contributed by atoms with Gasteiger partial charge in [0.1, 0.15) is 5.54 Å². The summed E-state index contributed by atoms with van der Waals surface area (Å²) in [5.41, 5.74) is 0.807. The Morgan fingerprint density at radius 2 is 2.14 bits per heavy atom. The van der Waals surface area contributed by atoms with Gasteiger partial charge in [-0.2, -0.15) is 0 Å². The molecule has 2 saturated heterocycles. The summed E-state index contributed by atoms with van der Waals surface area (Å²) in [7, 11) is 0. The molecule has 22 heavy (non-hydrogen) atoms. The number of rotatable bonds is 2. The van der Waals surface area contributed by atoms with Gasteiger partial charge in [-0.1, -0.05) is 24.3 Å². The SMILES string of the molecule is O=C1N[C@]2(CCOC2)C(=O)N1Cc1cccc2cccnc12. The number of carbonyl (C=O) groups is 2. The van der Waals surface area contributed by atoms with Crippen LogP contribution in [-0.4, -0.2) is 40.6 Å². The summed E-state index contributed by atoms with van der Waals surface area (Å²) in [6, 6.07) is 9.24. The molecule has 2 aliphatic heterocycles. The fourth-order valence-electron chi connectivity index (χ4n) is 3.12. The number of imide groups is 1. The lowest BCUT2D eigenvalue weighted by molar-refractivity contribution is -0.131. The zero-order chi connectivity index (χ0) is 15.2. The number of amides is 3. The minimum Gasteiger partial charge on any atom is -0.378 e. The molecule has 112 valence electrons. The molecule has 0 saturated carbocycles. The molecular weight excluding hydrogens is 282 g/mol. The first-order valence-corrected chi connectivity index (χ1v) is 7.24. The zero-order valence-corrected chi connectivity index (χ0v) is 11.9. The summed E-state index contributed by atoms with van der Waals surface area (Å²) >= 11 is 0. The van der Waals surface area contributed by atoms with Gasteiger partial charge in [0.25, 0.3) is 5.91 Å². The Labute approximate surface area is 127 Å². The predicted molar refractivity (Wildman–Crippen MR) is 79.0 cm³/mol. The van der Waals surface area contributed by atoms with Crippen LogP contribution in [0.1, 0.15) is 12.0 Å². The van der Waals surface area contributed by atoms with Gasteiger partial charge in [0.15, 0.2) is 0 Å². The molecule has 2 aromatic rings. The van der Waals surface area contributed by atoms with Crippen molar-refractivity contribution in [1.82, 2.24) is 15.2 Å². The smallest absolute Gasteiger partial charge is 0.325 e.